The number of halogens is 1. The Kier molecular flexibility index (Phi) is 3.40. The fourth-order valence-electron chi connectivity index (χ4n) is 2.08. The lowest BCUT2D eigenvalue weighted by molar-refractivity contribution is -0.384. The maximum atomic E-state index is 10.9. The Balaban J connectivity index is 2.66. The Morgan fingerprint density at radius 1 is 1.32 bits per heavy atom. The quantitative estimate of drug-likeness (QED) is 0.490. The summed E-state index contributed by atoms with van der Waals surface area (Å²) in [5.74, 6) is 0. The van der Waals surface area contributed by atoms with Gasteiger partial charge >= 0.3 is 0 Å². The number of hydrogen-bond donors (Lipinski definition) is 0. The van der Waals surface area contributed by atoms with Crippen molar-refractivity contribution < 1.29 is 9.72 Å². The van der Waals surface area contributed by atoms with E-state index in [9.17, 15) is 14.9 Å². The van der Waals surface area contributed by atoms with Gasteiger partial charge in [0.15, 0.2) is 6.29 Å². The van der Waals surface area contributed by atoms with Crippen molar-refractivity contribution in [1.29, 1.82) is 0 Å². The highest BCUT2D eigenvalue weighted by molar-refractivity contribution is 6.32. The van der Waals surface area contributed by atoms with Crippen LogP contribution in [0.3, 0.4) is 0 Å². The van der Waals surface area contributed by atoms with Gasteiger partial charge < -0.3 is 4.57 Å². The highest BCUT2D eigenvalue weighted by atomic mass is 35.5. The minimum Gasteiger partial charge on any atom is -0.318 e. The summed E-state index contributed by atoms with van der Waals surface area (Å²) >= 11 is 5.78. The maximum Gasteiger partial charge on any atom is 0.289 e. The van der Waals surface area contributed by atoms with Crippen LogP contribution in [0.1, 0.15) is 21.7 Å². The fourth-order valence-corrected chi connectivity index (χ4v) is 2.27. The first-order valence-electron chi connectivity index (χ1n) is 5.54. The summed E-state index contributed by atoms with van der Waals surface area (Å²) < 4.78 is 1.78. The van der Waals surface area contributed by atoms with Gasteiger partial charge in [0.25, 0.3) is 5.69 Å². The molecule has 1 heterocycles. The molecular weight excluding hydrogens is 268 g/mol. The Morgan fingerprint density at radius 2 is 2.00 bits per heavy atom. The van der Waals surface area contributed by atoms with E-state index in [0.717, 1.165) is 17.7 Å². The maximum absolute atomic E-state index is 10.9. The Morgan fingerprint density at radius 3 is 2.53 bits per heavy atom. The van der Waals surface area contributed by atoms with E-state index in [1.54, 1.807) is 23.6 Å². The number of carbonyl (C=O) groups is 1. The number of nitro benzene ring substituents is 1. The topological polar surface area (TPSA) is 65.1 Å². The Labute approximate surface area is 114 Å². The van der Waals surface area contributed by atoms with Gasteiger partial charge in [-0.2, -0.15) is 0 Å². The standard InChI is InChI=1S/C13H11ClN2O3/c1-8-5-10(7-17)9(2)15(8)11-3-4-12(14)13(6-11)16(18)19/h3-7H,1-2H3. The fraction of sp³-hybridized carbons (Fsp3) is 0.154. The first-order valence-corrected chi connectivity index (χ1v) is 5.92. The molecule has 0 radical (unpaired) electrons. The van der Waals surface area contributed by atoms with Gasteiger partial charge in [0.2, 0.25) is 0 Å². The van der Waals surface area contributed by atoms with Crippen molar-refractivity contribution in [3.8, 4) is 5.69 Å². The van der Waals surface area contributed by atoms with Gasteiger partial charge in [0, 0.05) is 23.0 Å². The van der Waals surface area contributed by atoms with E-state index in [4.69, 9.17) is 11.6 Å². The predicted octanol–water partition coefficient (Wildman–Crippen LogP) is 3.47. The summed E-state index contributed by atoms with van der Waals surface area (Å²) in [6, 6.07) is 6.30. The van der Waals surface area contributed by atoms with Crippen LogP contribution < -0.4 is 0 Å². The van der Waals surface area contributed by atoms with Crippen molar-refractivity contribution in [2.45, 2.75) is 13.8 Å². The molecule has 0 aliphatic heterocycles. The van der Waals surface area contributed by atoms with Crippen molar-refractivity contribution in [2.75, 3.05) is 0 Å². The highest BCUT2D eigenvalue weighted by Gasteiger charge is 2.16. The van der Waals surface area contributed by atoms with Crippen LogP contribution in [0, 0.1) is 24.0 Å². The van der Waals surface area contributed by atoms with Crippen molar-refractivity contribution >= 4 is 23.6 Å². The molecule has 0 atom stereocenters. The SMILES string of the molecule is Cc1cc(C=O)c(C)n1-c1ccc(Cl)c([N+](=O)[O-])c1. The van der Waals surface area contributed by atoms with Crippen LogP contribution in [0.25, 0.3) is 5.69 Å². The lowest BCUT2D eigenvalue weighted by Crippen LogP contribution is -2.01. The zero-order chi connectivity index (χ0) is 14.2. The zero-order valence-electron chi connectivity index (χ0n) is 10.4. The summed E-state index contributed by atoms with van der Waals surface area (Å²) in [6.45, 7) is 3.62. The van der Waals surface area contributed by atoms with Crippen LogP contribution in [0.5, 0.6) is 0 Å². The van der Waals surface area contributed by atoms with Crippen LogP contribution in [0.4, 0.5) is 5.69 Å². The van der Waals surface area contributed by atoms with Crippen molar-refractivity contribution in [3.63, 3.8) is 0 Å². The molecule has 0 aliphatic carbocycles. The molecule has 0 spiro atoms. The van der Waals surface area contributed by atoms with Gasteiger partial charge in [0.05, 0.1) is 10.6 Å². The largest absolute Gasteiger partial charge is 0.318 e. The van der Waals surface area contributed by atoms with Crippen molar-refractivity contribution in [3.05, 3.63) is 56.4 Å². The minimum atomic E-state index is -0.527. The second-order valence-electron chi connectivity index (χ2n) is 4.17. The van der Waals surface area contributed by atoms with Crippen LogP contribution in [-0.2, 0) is 0 Å². The lowest BCUT2D eigenvalue weighted by Gasteiger charge is -2.09. The van der Waals surface area contributed by atoms with Crippen LogP contribution in [0.2, 0.25) is 5.02 Å². The molecule has 19 heavy (non-hydrogen) atoms. The zero-order valence-corrected chi connectivity index (χ0v) is 11.1. The van der Waals surface area contributed by atoms with Crippen LogP contribution in [-0.4, -0.2) is 15.8 Å². The molecule has 0 N–H and O–H groups in total. The molecule has 0 saturated heterocycles. The summed E-state index contributed by atoms with van der Waals surface area (Å²) in [5, 5.41) is 11.0. The molecule has 1 aromatic heterocycles. The Hall–Kier alpha value is -2.14. The number of hydrogen-bond acceptors (Lipinski definition) is 3. The van der Waals surface area contributed by atoms with Gasteiger partial charge in [-0.3, -0.25) is 14.9 Å². The summed E-state index contributed by atoms with van der Waals surface area (Å²) in [7, 11) is 0. The van der Waals surface area contributed by atoms with E-state index < -0.39 is 4.92 Å². The van der Waals surface area contributed by atoms with Crippen LogP contribution >= 0.6 is 11.6 Å². The van der Waals surface area contributed by atoms with E-state index in [0.29, 0.717) is 11.3 Å². The molecule has 5 nitrogen and oxygen atoms in total. The van der Waals surface area contributed by atoms with E-state index in [2.05, 4.69) is 0 Å². The van der Waals surface area contributed by atoms with Crippen LogP contribution in [0.15, 0.2) is 24.3 Å². The molecule has 0 bridgehead atoms. The normalized spacial score (nSPS) is 10.5. The summed E-state index contributed by atoms with van der Waals surface area (Å²) in [4.78, 5) is 21.3. The predicted molar refractivity (Wildman–Crippen MR) is 72.3 cm³/mol. The molecule has 2 rings (SSSR count). The average Bonchev–Trinajstić information content (AvgIpc) is 2.65. The number of aldehydes is 1. The third kappa shape index (κ3) is 2.24. The molecule has 0 aliphatic rings. The van der Waals surface area contributed by atoms with Gasteiger partial charge in [-0.15, -0.1) is 0 Å². The Bertz CT molecular complexity index is 677. The number of rotatable bonds is 3. The van der Waals surface area contributed by atoms with E-state index in [1.165, 1.54) is 12.1 Å². The molecule has 0 fully saturated rings. The molecule has 1 aromatic carbocycles. The number of benzene rings is 1. The number of nitrogens with zero attached hydrogens (tertiary/aromatic N) is 2. The van der Waals surface area contributed by atoms with E-state index in [-0.39, 0.29) is 10.7 Å². The third-order valence-electron chi connectivity index (χ3n) is 2.98. The van der Waals surface area contributed by atoms with Crippen molar-refractivity contribution in [1.82, 2.24) is 4.57 Å². The molecule has 0 unspecified atom stereocenters. The molecule has 98 valence electrons. The molecule has 2 aromatic rings. The first kappa shape index (κ1) is 13.3. The number of carbonyl (C=O) groups excluding carboxylic acids is 1. The molecule has 6 heteroatoms. The van der Waals surface area contributed by atoms with E-state index in [1.807, 2.05) is 6.92 Å². The highest BCUT2D eigenvalue weighted by Crippen LogP contribution is 2.28. The monoisotopic (exact) mass is 278 g/mol. The molecule has 0 saturated carbocycles. The summed E-state index contributed by atoms with van der Waals surface area (Å²) in [6.07, 6.45) is 0.767. The van der Waals surface area contributed by atoms with Crippen molar-refractivity contribution in [2.24, 2.45) is 0 Å². The smallest absolute Gasteiger partial charge is 0.289 e. The molecule has 0 amide bonds. The summed E-state index contributed by atoms with van der Waals surface area (Å²) in [5.41, 5.74) is 2.59. The van der Waals surface area contributed by atoms with Gasteiger partial charge in [0.1, 0.15) is 5.02 Å². The molecular formula is C13H11ClN2O3. The van der Waals surface area contributed by atoms with Gasteiger partial charge in [-0.25, -0.2) is 0 Å². The van der Waals surface area contributed by atoms with Gasteiger partial charge in [-0.1, -0.05) is 11.6 Å². The first-order chi connectivity index (χ1) is 8.95. The second kappa shape index (κ2) is 4.85. The van der Waals surface area contributed by atoms with Gasteiger partial charge in [-0.05, 0) is 32.0 Å². The van der Waals surface area contributed by atoms with E-state index >= 15 is 0 Å². The number of aromatic nitrogens is 1. The second-order valence-corrected chi connectivity index (χ2v) is 4.58. The average molecular weight is 279 g/mol. The lowest BCUT2D eigenvalue weighted by atomic mass is 10.2. The third-order valence-corrected chi connectivity index (χ3v) is 3.30. The minimum absolute atomic E-state index is 0.0897. The number of aryl methyl sites for hydroxylation is 1. The number of nitro groups is 1.